The molecule has 3 aromatic rings. The zero-order valence-electron chi connectivity index (χ0n) is 17.1. The van der Waals surface area contributed by atoms with E-state index in [9.17, 15) is 14.4 Å². The van der Waals surface area contributed by atoms with Crippen molar-refractivity contribution in [1.29, 1.82) is 0 Å². The van der Waals surface area contributed by atoms with Crippen molar-refractivity contribution in [3.05, 3.63) is 112 Å². The summed E-state index contributed by atoms with van der Waals surface area (Å²) in [4.78, 5) is 37.4. The third-order valence-electron chi connectivity index (χ3n) is 4.52. The summed E-state index contributed by atoms with van der Waals surface area (Å²) in [6, 6.07) is 25.8. The monoisotopic (exact) mass is 430 g/mol. The van der Waals surface area contributed by atoms with Crippen LogP contribution < -0.4 is 4.74 Å². The Bertz CT molecular complexity index is 1120. The molecular formula is C26H22O4S. The van der Waals surface area contributed by atoms with Crippen LogP contribution in [0.25, 0.3) is 0 Å². The summed E-state index contributed by atoms with van der Waals surface area (Å²) >= 11 is 1.41. The predicted molar refractivity (Wildman–Crippen MR) is 122 cm³/mol. The van der Waals surface area contributed by atoms with Crippen LogP contribution in [0.3, 0.4) is 0 Å². The second-order valence-corrected chi connectivity index (χ2v) is 7.84. The van der Waals surface area contributed by atoms with E-state index in [-0.39, 0.29) is 18.0 Å². The fraction of sp³-hybridized carbons (Fsp3) is 0.115. The molecule has 0 fully saturated rings. The van der Waals surface area contributed by atoms with Crippen LogP contribution in [0.5, 0.6) is 5.75 Å². The zero-order valence-corrected chi connectivity index (χ0v) is 17.9. The molecule has 0 aliphatic rings. The molecule has 0 radical (unpaired) electrons. The molecule has 0 atom stereocenters. The van der Waals surface area contributed by atoms with Gasteiger partial charge in [0.05, 0.1) is 0 Å². The smallest absolute Gasteiger partial charge is 0.379 e. The highest BCUT2D eigenvalue weighted by atomic mass is 32.1. The Morgan fingerprint density at radius 3 is 2.10 bits per heavy atom. The number of esters is 1. The standard InChI is InChI=1S/C26H22O4S/c1-19(27)26(29)30-24-15-9-4-10-16-31-25(18-23(28)21-13-7-3-8-14-21)22(24)17-20-11-5-2-6-12-20/h2-16H,17-18H2,1H3. The number of hydrogen-bond acceptors (Lipinski definition) is 5. The summed E-state index contributed by atoms with van der Waals surface area (Å²) in [7, 11) is 0. The number of hydrogen-bond donors (Lipinski definition) is 0. The van der Waals surface area contributed by atoms with Gasteiger partial charge in [-0.3, -0.25) is 9.59 Å². The van der Waals surface area contributed by atoms with E-state index in [1.807, 2.05) is 60.0 Å². The van der Waals surface area contributed by atoms with Gasteiger partial charge in [-0.15, -0.1) is 11.3 Å². The highest BCUT2D eigenvalue weighted by molar-refractivity contribution is 7.09. The minimum absolute atomic E-state index is 0.0356. The Morgan fingerprint density at radius 1 is 0.806 bits per heavy atom. The van der Waals surface area contributed by atoms with Crippen molar-refractivity contribution in [2.45, 2.75) is 19.8 Å². The molecule has 2 aromatic carbocycles. The zero-order chi connectivity index (χ0) is 22.1. The van der Waals surface area contributed by atoms with Crippen LogP contribution in [0.1, 0.15) is 33.3 Å². The topological polar surface area (TPSA) is 60.4 Å². The first kappa shape index (κ1) is 22.1. The van der Waals surface area contributed by atoms with E-state index in [0.29, 0.717) is 17.5 Å². The molecule has 0 N–H and O–H groups in total. The van der Waals surface area contributed by atoms with Crippen molar-refractivity contribution < 1.29 is 19.1 Å². The molecule has 156 valence electrons. The molecule has 0 saturated heterocycles. The van der Waals surface area contributed by atoms with Crippen LogP contribution in [0.2, 0.25) is 0 Å². The first-order chi connectivity index (χ1) is 15.0. The third kappa shape index (κ3) is 6.46. The lowest BCUT2D eigenvalue weighted by Gasteiger charge is -2.12. The van der Waals surface area contributed by atoms with Gasteiger partial charge < -0.3 is 4.74 Å². The molecule has 0 aliphatic carbocycles. The highest BCUT2D eigenvalue weighted by Gasteiger charge is 2.18. The van der Waals surface area contributed by atoms with Crippen molar-refractivity contribution in [1.82, 2.24) is 0 Å². The van der Waals surface area contributed by atoms with E-state index >= 15 is 0 Å². The molecule has 0 amide bonds. The van der Waals surface area contributed by atoms with Gasteiger partial charge >= 0.3 is 5.97 Å². The van der Waals surface area contributed by atoms with Crippen LogP contribution in [-0.4, -0.2) is 17.5 Å². The van der Waals surface area contributed by atoms with Crippen LogP contribution in [0.4, 0.5) is 0 Å². The molecule has 4 nitrogen and oxygen atoms in total. The van der Waals surface area contributed by atoms with Crippen LogP contribution >= 0.6 is 11.3 Å². The Labute approximate surface area is 185 Å². The SMILES string of the molecule is CC(=O)C(=O)Oc1cccccsc(CC(=O)c2ccccc2)c1Cc1ccccc1. The first-order valence-electron chi connectivity index (χ1n) is 9.82. The van der Waals surface area contributed by atoms with E-state index in [4.69, 9.17) is 4.74 Å². The lowest BCUT2D eigenvalue weighted by Crippen LogP contribution is -2.18. The van der Waals surface area contributed by atoms with Crippen LogP contribution in [0, 0.1) is 0 Å². The summed E-state index contributed by atoms with van der Waals surface area (Å²) in [6.07, 6.45) is 0.597. The molecule has 1 heterocycles. The number of Topliss-reactive ketones (excluding diaryl/α,β-unsaturated/α-hetero) is 2. The van der Waals surface area contributed by atoms with E-state index in [1.54, 1.807) is 30.3 Å². The number of ether oxygens (including phenoxy) is 1. The summed E-state index contributed by atoms with van der Waals surface area (Å²) in [5.74, 6) is -1.38. The maximum Gasteiger partial charge on any atom is 0.379 e. The third-order valence-corrected chi connectivity index (χ3v) is 5.49. The molecule has 0 bridgehead atoms. The second-order valence-electron chi connectivity index (χ2n) is 6.84. The van der Waals surface area contributed by atoms with E-state index < -0.39 is 11.8 Å². The molecular weight excluding hydrogens is 408 g/mol. The molecule has 0 spiro atoms. The van der Waals surface area contributed by atoms with Crippen molar-refractivity contribution >= 4 is 28.9 Å². The number of ketones is 2. The molecule has 0 aliphatic heterocycles. The average Bonchev–Trinajstić information content (AvgIpc) is 2.87. The summed E-state index contributed by atoms with van der Waals surface area (Å²) in [5, 5.41) is 1.89. The quantitative estimate of drug-likeness (QED) is 0.287. The Hall–Kier alpha value is -3.57. The number of carbonyl (C=O) groups is 3. The minimum Gasteiger partial charge on any atom is -0.420 e. The maximum atomic E-state index is 13.0. The summed E-state index contributed by atoms with van der Waals surface area (Å²) in [5.41, 5.74) is 2.31. The predicted octanol–water partition coefficient (Wildman–Crippen LogP) is 5.38. The molecule has 31 heavy (non-hydrogen) atoms. The molecule has 0 saturated carbocycles. The lowest BCUT2D eigenvalue weighted by atomic mass is 10.0. The average molecular weight is 431 g/mol. The largest absolute Gasteiger partial charge is 0.420 e. The molecule has 5 heteroatoms. The van der Waals surface area contributed by atoms with E-state index in [2.05, 4.69) is 0 Å². The second kappa shape index (κ2) is 11.0. The van der Waals surface area contributed by atoms with Gasteiger partial charge in [-0.25, -0.2) is 4.79 Å². The molecule has 1 aromatic heterocycles. The lowest BCUT2D eigenvalue weighted by molar-refractivity contribution is -0.146. The van der Waals surface area contributed by atoms with Gasteiger partial charge in [-0.05, 0) is 17.0 Å². The van der Waals surface area contributed by atoms with E-state index in [0.717, 1.165) is 10.4 Å². The fourth-order valence-electron chi connectivity index (χ4n) is 2.96. The Balaban J connectivity index is 2.14. The van der Waals surface area contributed by atoms with Gasteiger partial charge in [-0.1, -0.05) is 78.9 Å². The Morgan fingerprint density at radius 2 is 1.42 bits per heavy atom. The van der Waals surface area contributed by atoms with Gasteiger partial charge in [0.1, 0.15) is 5.75 Å². The van der Waals surface area contributed by atoms with Gasteiger partial charge in [0.15, 0.2) is 5.78 Å². The van der Waals surface area contributed by atoms with E-state index in [1.165, 1.54) is 18.3 Å². The van der Waals surface area contributed by atoms with Crippen molar-refractivity contribution in [2.24, 2.45) is 0 Å². The molecule has 3 rings (SSSR count). The first-order valence-corrected chi connectivity index (χ1v) is 10.7. The number of rotatable bonds is 7. The molecule has 0 unspecified atom stereocenters. The summed E-state index contributed by atoms with van der Waals surface area (Å²) < 4.78 is 5.46. The van der Waals surface area contributed by atoms with Gasteiger partial charge in [0.25, 0.3) is 0 Å². The van der Waals surface area contributed by atoms with Crippen LogP contribution in [-0.2, 0) is 22.4 Å². The normalized spacial score (nSPS) is 10.1. The minimum atomic E-state index is -0.934. The highest BCUT2D eigenvalue weighted by Crippen LogP contribution is 2.27. The summed E-state index contributed by atoms with van der Waals surface area (Å²) in [6.45, 7) is 1.17. The van der Waals surface area contributed by atoms with Crippen molar-refractivity contribution in [3.8, 4) is 5.75 Å². The maximum absolute atomic E-state index is 13.0. The van der Waals surface area contributed by atoms with Gasteiger partial charge in [0, 0.05) is 35.8 Å². The van der Waals surface area contributed by atoms with Crippen molar-refractivity contribution in [3.63, 3.8) is 0 Å². The van der Waals surface area contributed by atoms with Crippen molar-refractivity contribution in [2.75, 3.05) is 0 Å². The number of carbonyl (C=O) groups excluding carboxylic acids is 3. The fourth-order valence-corrected chi connectivity index (χ4v) is 3.82. The number of benzene rings is 2. The Kier molecular flexibility index (Phi) is 7.85. The van der Waals surface area contributed by atoms with Crippen LogP contribution in [0.15, 0.2) is 90.3 Å². The van der Waals surface area contributed by atoms with Gasteiger partial charge in [-0.2, -0.15) is 0 Å². The van der Waals surface area contributed by atoms with Gasteiger partial charge in [0.2, 0.25) is 5.78 Å².